The minimum atomic E-state index is -3.45. The second kappa shape index (κ2) is 7.09. The van der Waals surface area contributed by atoms with Gasteiger partial charge in [0.25, 0.3) is 10.2 Å². The summed E-state index contributed by atoms with van der Waals surface area (Å²) in [6, 6.07) is 7.85. The molecule has 0 radical (unpaired) electrons. The molecule has 0 amide bonds. The van der Waals surface area contributed by atoms with Crippen LogP contribution in [0, 0.1) is 6.92 Å². The van der Waals surface area contributed by atoms with Crippen LogP contribution >= 0.6 is 11.6 Å². The average molecular weight is 331 g/mol. The lowest BCUT2D eigenvalue weighted by atomic mass is 10.1. The van der Waals surface area contributed by atoms with E-state index >= 15 is 0 Å². The molecule has 0 bridgehead atoms. The molecule has 118 valence electrons. The molecule has 1 fully saturated rings. The summed E-state index contributed by atoms with van der Waals surface area (Å²) in [5.41, 5.74) is 2.13. The lowest BCUT2D eigenvalue weighted by Crippen LogP contribution is -2.50. The van der Waals surface area contributed by atoms with Crippen LogP contribution in [0.5, 0.6) is 0 Å². The minimum Gasteiger partial charge on any atom is -0.195 e. The molecule has 0 aliphatic carbocycles. The Balaban J connectivity index is 2.14. The summed E-state index contributed by atoms with van der Waals surface area (Å²) in [6.45, 7) is 2.96. The van der Waals surface area contributed by atoms with Gasteiger partial charge in [0.1, 0.15) is 0 Å². The predicted octanol–water partition coefficient (Wildman–Crippen LogP) is 2.76. The van der Waals surface area contributed by atoms with Crippen LogP contribution in [0.2, 0.25) is 0 Å². The number of piperidine rings is 1. The largest absolute Gasteiger partial charge is 0.282 e. The number of rotatable bonds is 5. The number of aryl methyl sites for hydroxylation is 1. The molecule has 2 rings (SSSR count). The van der Waals surface area contributed by atoms with E-state index in [0.29, 0.717) is 19.0 Å². The highest BCUT2D eigenvalue weighted by Crippen LogP contribution is 2.23. The summed E-state index contributed by atoms with van der Waals surface area (Å²) in [7, 11) is -1.82. The first-order valence-corrected chi connectivity index (χ1v) is 9.23. The molecule has 1 aliphatic heterocycles. The van der Waals surface area contributed by atoms with Gasteiger partial charge >= 0.3 is 0 Å². The third-order valence-electron chi connectivity index (χ3n) is 3.93. The Kier molecular flexibility index (Phi) is 5.66. The van der Waals surface area contributed by atoms with E-state index in [1.165, 1.54) is 4.31 Å². The van der Waals surface area contributed by atoms with E-state index in [9.17, 15) is 8.42 Å². The summed E-state index contributed by atoms with van der Waals surface area (Å²) in [6.07, 6.45) is 2.80. The highest BCUT2D eigenvalue weighted by molar-refractivity contribution is 7.86. The first-order chi connectivity index (χ1) is 9.95. The number of benzene rings is 1. The number of halogens is 1. The molecular weight excluding hydrogens is 308 g/mol. The van der Waals surface area contributed by atoms with Crippen molar-refractivity contribution in [2.45, 2.75) is 38.8 Å². The smallest absolute Gasteiger partial charge is 0.195 e. The molecule has 1 aromatic carbocycles. The standard InChI is InChI=1S/C15H23ClN2O2S/c1-13-6-5-7-14(10-13)12-17(2)21(19,20)18-9-4-3-8-15(18)11-16/h5-7,10,15H,3-4,8-9,11-12H2,1-2H3. The zero-order valence-electron chi connectivity index (χ0n) is 12.6. The normalized spacial score (nSPS) is 20.9. The van der Waals surface area contributed by atoms with Crippen molar-refractivity contribution >= 4 is 21.8 Å². The maximum Gasteiger partial charge on any atom is 0.282 e. The molecule has 4 nitrogen and oxygen atoms in total. The highest BCUT2D eigenvalue weighted by atomic mass is 35.5. The van der Waals surface area contributed by atoms with Gasteiger partial charge in [0, 0.05) is 32.1 Å². The van der Waals surface area contributed by atoms with E-state index in [2.05, 4.69) is 0 Å². The molecule has 0 aromatic heterocycles. The monoisotopic (exact) mass is 330 g/mol. The van der Waals surface area contributed by atoms with Crippen molar-refractivity contribution in [3.8, 4) is 0 Å². The SMILES string of the molecule is Cc1cccc(CN(C)S(=O)(=O)N2CCCCC2CCl)c1. The van der Waals surface area contributed by atoms with Gasteiger partial charge < -0.3 is 0 Å². The van der Waals surface area contributed by atoms with Crippen LogP contribution in [0.3, 0.4) is 0 Å². The Hall–Kier alpha value is -0.620. The van der Waals surface area contributed by atoms with E-state index in [1.807, 2.05) is 31.2 Å². The van der Waals surface area contributed by atoms with Crippen molar-refractivity contribution in [2.75, 3.05) is 19.5 Å². The number of hydrogen-bond acceptors (Lipinski definition) is 2. The van der Waals surface area contributed by atoms with Gasteiger partial charge in [-0.15, -0.1) is 11.6 Å². The van der Waals surface area contributed by atoms with Crippen LogP contribution in [-0.4, -0.2) is 42.5 Å². The van der Waals surface area contributed by atoms with Crippen molar-refractivity contribution < 1.29 is 8.42 Å². The van der Waals surface area contributed by atoms with E-state index in [4.69, 9.17) is 11.6 Å². The minimum absolute atomic E-state index is 0.0784. The van der Waals surface area contributed by atoms with Crippen molar-refractivity contribution in [3.05, 3.63) is 35.4 Å². The van der Waals surface area contributed by atoms with Gasteiger partial charge in [-0.25, -0.2) is 0 Å². The Morgan fingerprint density at radius 2 is 2.14 bits per heavy atom. The Labute approximate surface area is 132 Å². The maximum atomic E-state index is 12.7. The lowest BCUT2D eigenvalue weighted by molar-refractivity contribution is 0.251. The number of alkyl halides is 1. The zero-order valence-corrected chi connectivity index (χ0v) is 14.2. The number of hydrogen-bond donors (Lipinski definition) is 0. The van der Waals surface area contributed by atoms with E-state index in [-0.39, 0.29) is 6.04 Å². The van der Waals surface area contributed by atoms with E-state index in [0.717, 1.165) is 30.4 Å². The van der Waals surface area contributed by atoms with Crippen LogP contribution in [0.25, 0.3) is 0 Å². The van der Waals surface area contributed by atoms with Gasteiger partial charge in [-0.1, -0.05) is 36.2 Å². The van der Waals surface area contributed by atoms with Crippen molar-refractivity contribution in [1.29, 1.82) is 0 Å². The van der Waals surface area contributed by atoms with Gasteiger partial charge in [0.05, 0.1) is 0 Å². The van der Waals surface area contributed by atoms with Gasteiger partial charge in [0.2, 0.25) is 0 Å². The molecule has 0 saturated carbocycles. The molecule has 0 spiro atoms. The lowest BCUT2D eigenvalue weighted by Gasteiger charge is -2.36. The average Bonchev–Trinajstić information content (AvgIpc) is 2.47. The first kappa shape index (κ1) is 16.7. The third kappa shape index (κ3) is 3.97. The van der Waals surface area contributed by atoms with E-state index in [1.54, 1.807) is 11.4 Å². The maximum absolute atomic E-state index is 12.7. The molecule has 1 aromatic rings. The molecular formula is C15H23ClN2O2S. The quantitative estimate of drug-likeness (QED) is 0.779. The summed E-state index contributed by atoms with van der Waals surface area (Å²) < 4.78 is 28.5. The molecule has 1 unspecified atom stereocenters. The van der Waals surface area contributed by atoms with Crippen molar-refractivity contribution in [2.24, 2.45) is 0 Å². The predicted molar refractivity (Wildman–Crippen MR) is 86.6 cm³/mol. The fourth-order valence-corrected chi connectivity index (χ4v) is 4.75. The molecule has 1 saturated heterocycles. The first-order valence-electron chi connectivity index (χ1n) is 7.30. The summed E-state index contributed by atoms with van der Waals surface area (Å²) in [5, 5.41) is 0. The molecule has 6 heteroatoms. The topological polar surface area (TPSA) is 40.6 Å². The zero-order chi connectivity index (χ0) is 15.5. The molecule has 21 heavy (non-hydrogen) atoms. The third-order valence-corrected chi connectivity index (χ3v) is 6.28. The molecule has 1 heterocycles. The van der Waals surface area contributed by atoms with Crippen LogP contribution in [0.1, 0.15) is 30.4 Å². The summed E-state index contributed by atoms with van der Waals surface area (Å²) in [4.78, 5) is 0. The highest BCUT2D eigenvalue weighted by Gasteiger charge is 2.34. The van der Waals surface area contributed by atoms with Gasteiger partial charge in [0.15, 0.2) is 0 Å². The van der Waals surface area contributed by atoms with Crippen LogP contribution in [-0.2, 0) is 16.8 Å². The molecule has 0 N–H and O–H groups in total. The van der Waals surface area contributed by atoms with Crippen molar-refractivity contribution in [3.63, 3.8) is 0 Å². The van der Waals surface area contributed by atoms with Gasteiger partial charge in [-0.3, -0.25) is 0 Å². The second-order valence-corrected chi connectivity index (χ2v) is 7.96. The molecule has 1 aliphatic rings. The Bertz CT molecular complexity index is 577. The van der Waals surface area contributed by atoms with Crippen LogP contribution in [0.4, 0.5) is 0 Å². The van der Waals surface area contributed by atoms with E-state index < -0.39 is 10.2 Å². The van der Waals surface area contributed by atoms with Gasteiger partial charge in [-0.05, 0) is 25.3 Å². The number of nitrogens with zero attached hydrogens (tertiary/aromatic N) is 2. The Morgan fingerprint density at radius 1 is 1.38 bits per heavy atom. The van der Waals surface area contributed by atoms with Crippen LogP contribution < -0.4 is 0 Å². The Morgan fingerprint density at radius 3 is 2.81 bits per heavy atom. The summed E-state index contributed by atoms with van der Waals surface area (Å²) in [5.74, 6) is 0.359. The van der Waals surface area contributed by atoms with Crippen LogP contribution in [0.15, 0.2) is 24.3 Å². The van der Waals surface area contributed by atoms with Crippen molar-refractivity contribution in [1.82, 2.24) is 8.61 Å². The molecule has 1 atom stereocenters. The summed E-state index contributed by atoms with van der Waals surface area (Å²) >= 11 is 5.94. The van der Waals surface area contributed by atoms with Gasteiger partial charge in [-0.2, -0.15) is 17.0 Å². The second-order valence-electron chi connectivity index (χ2n) is 5.67. The fraction of sp³-hybridized carbons (Fsp3) is 0.600. The fourth-order valence-electron chi connectivity index (χ4n) is 2.76.